The smallest absolute Gasteiger partial charge is 0.329 e. The molecule has 4 rings (SSSR count). The van der Waals surface area contributed by atoms with Gasteiger partial charge in [0.05, 0.1) is 6.54 Å². The number of benzene rings is 1. The van der Waals surface area contributed by atoms with E-state index >= 15 is 0 Å². The highest BCUT2D eigenvalue weighted by atomic mass is 16.5. The normalized spacial score (nSPS) is 14.4. The molecule has 8 heteroatoms. The monoisotopic (exact) mass is 341 g/mol. The highest BCUT2D eigenvalue weighted by Crippen LogP contribution is 2.24. The number of aromatic nitrogens is 3. The molecule has 0 aliphatic carbocycles. The lowest BCUT2D eigenvalue weighted by atomic mass is 10.2. The van der Waals surface area contributed by atoms with Gasteiger partial charge in [-0.25, -0.2) is 4.79 Å². The van der Waals surface area contributed by atoms with E-state index in [0.717, 1.165) is 18.7 Å². The summed E-state index contributed by atoms with van der Waals surface area (Å²) in [6, 6.07) is 10.3. The zero-order valence-corrected chi connectivity index (χ0v) is 13.9. The molecule has 2 aromatic heterocycles. The number of carbonyl (C=O) groups excluding carboxylic acids is 1. The van der Waals surface area contributed by atoms with Crippen LogP contribution < -0.4 is 5.32 Å². The maximum absolute atomic E-state index is 12.6. The number of nitrogens with zero attached hydrogens (tertiary/aromatic N) is 4. The van der Waals surface area contributed by atoms with Gasteiger partial charge in [-0.15, -0.1) is 0 Å². The fourth-order valence-corrected chi connectivity index (χ4v) is 3.19. The maximum Gasteiger partial charge on any atom is 0.329 e. The predicted molar refractivity (Wildman–Crippen MR) is 91.0 cm³/mol. The number of amides is 2. The zero-order chi connectivity index (χ0) is 17.2. The minimum Gasteiger partial charge on any atom is -0.377 e. The Morgan fingerprint density at radius 1 is 1.36 bits per heavy atom. The molecule has 8 nitrogen and oxygen atoms in total. The molecule has 25 heavy (non-hydrogen) atoms. The number of hydrogen-bond acceptors (Lipinski definition) is 5. The van der Waals surface area contributed by atoms with Crippen LogP contribution in [0.5, 0.6) is 0 Å². The number of nitrogens with one attached hydrogen (secondary N) is 1. The molecule has 0 atom stereocenters. The Morgan fingerprint density at radius 3 is 3.12 bits per heavy atom. The summed E-state index contributed by atoms with van der Waals surface area (Å²) >= 11 is 0. The number of rotatable bonds is 3. The Bertz CT molecular complexity index is 901. The van der Waals surface area contributed by atoms with E-state index in [-0.39, 0.29) is 18.7 Å². The second-order valence-electron chi connectivity index (χ2n) is 6.00. The largest absolute Gasteiger partial charge is 0.377 e. The van der Waals surface area contributed by atoms with Crippen LogP contribution in [0.1, 0.15) is 17.9 Å². The van der Waals surface area contributed by atoms with Crippen molar-refractivity contribution in [1.82, 2.24) is 19.6 Å². The summed E-state index contributed by atoms with van der Waals surface area (Å²) in [5, 5.41) is 7.60. The van der Waals surface area contributed by atoms with Crippen molar-refractivity contribution in [3.05, 3.63) is 41.9 Å². The van der Waals surface area contributed by atoms with E-state index in [0.29, 0.717) is 18.9 Å². The summed E-state index contributed by atoms with van der Waals surface area (Å²) < 4.78 is 12.2. The fourth-order valence-electron chi connectivity index (χ4n) is 3.19. The van der Waals surface area contributed by atoms with Gasteiger partial charge in [-0.05, 0) is 23.9 Å². The molecule has 0 unspecified atom stereocenters. The van der Waals surface area contributed by atoms with E-state index < -0.39 is 0 Å². The molecular weight excluding hydrogens is 322 g/mol. The topological polar surface area (TPSA) is 85.4 Å². The fraction of sp³-hybridized carbons (Fsp3) is 0.353. The molecule has 3 aromatic rings. The average Bonchev–Trinajstić information content (AvgIpc) is 3.12. The Labute approximate surface area is 144 Å². The number of ether oxygens (including phenoxy) is 1. The van der Waals surface area contributed by atoms with Crippen LogP contribution in [-0.4, -0.2) is 39.3 Å². The molecule has 0 bridgehead atoms. The minimum atomic E-state index is -0.244. The third-order valence-corrected chi connectivity index (χ3v) is 4.30. The highest BCUT2D eigenvalue weighted by Gasteiger charge is 2.22. The number of carbonyl (C=O) groups is 1. The maximum atomic E-state index is 12.6. The summed E-state index contributed by atoms with van der Waals surface area (Å²) in [7, 11) is 1.55. The second-order valence-corrected chi connectivity index (χ2v) is 6.00. The van der Waals surface area contributed by atoms with Crippen molar-refractivity contribution in [2.24, 2.45) is 0 Å². The molecule has 0 saturated carbocycles. The van der Waals surface area contributed by atoms with Crippen molar-refractivity contribution in [3.8, 4) is 0 Å². The Balaban J connectivity index is 1.51. The molecule has 2 amide bonds. The molecule has 1 aliphatic rings. The van der Waals surface area contributed by atoms with E-state index in [4.69, 9.17) is 9.26 Å². The van der Waals surface area contributed by atoms with Gasteiger partial charge in [-0.1, -0.05) is 23.4 Å². The summed E-state index contributed by atoms with van der Waals surface area (Å²) in [6.45, 7) is 2.34. The summed E-state index contributed by atoms with van der Waals surface area (Å²) in [5.74, 6) is 0.397. The SMILES string of the molecule is COCc1noc(NC(=O)N2CCCn3c(cc4ccccc43)C2)n1. The lowest BCUT2D eigenvalue weighted by molar-refractivity contribution is 0.174. The van der Waals surface area contributed by atoms with E-state index in [9.17, 15) is 4.79 Å². The number of anilines is 1. The predicted octanol–water partition coefficient (Wildman–Crippen LogP) is 2.61. The molecule has 0 spiro atoms. The molecular formula is C17H19N5O3. The van der Waals surface area contributed by atoms with Crippen LogP contribution in [0.15, 0.2) is 34.9 Å². The molecule has 1 aromatic carbocycles. The van der Waals surface area contributed by atoms with Crippen molar-refractivity contribution < 1.29 is 14.1 Å². The van der Waals surface area contributed by atoms with E-state index in [1.165, 1.54) is 10.9 Å². The molecule has 0 saturated heterocycles. The minimum absolute atomic E-state index is 0.0850. The molecule has 3 heterocycles. The quantitative estimate of drug-likeness (QED) is 0.791. The first-order chi connectivity index (χ1) is 12.2. The van der Waals surface area contributed by atoms with Gasteiger partial charge >= 0.3 is 12.0 Å². The molecule has 1 aliphatic heterocycles. The van der Waals surface area contributed by atoms with Crippen LogP contribution in [0.4, 0.5) is 10.8 Å². The van der Waals surface area contributed by atoms with Gasteiger partial charge in [0.2, 0.25) is 0 Å². The van der Waals surface area contributed by atoms with Gasteiger partial charge in [0.25, 0.3) is 0 Å². The lowest BCUT2D eigenvalue weighted by Gasteiger charge is -2.19. The van der Waals surface area contributed by atoms with Gasteiger partial charge in [0.1, 0.15) is 6.61 Å². The van der Waals surface area contributed by atoms with Crippen molar-refractivity contribution in [3.63, 3.8) is 0 Å². The molecule has 1 N–H and O–H groups in total. The first-order valence-electron chi connectivity index (χ1n) is 8.19. The molecule has 0 radical (unpaired) electrons. The van der Waals surface area contributed by atoms with Crippen LogP contribution in [0.25, 0.3) is 10.9 Å². The lowest BCUT2D eigenvalue weighted by Crippen LogP contribution is -2.34. The van der Waals surface area contributed by atoms with Gasteiger partial charge in [-0.3, -0.25) is 5.32 Å². The molecule has 0 fully saturated rings. The van der Waals surface area contributed by atoms with Crippen LogP contribution in [0.3, 0.4) is 0 Å². The van der Waals surface area contributed by atoms with Crippen LogP contribution in [-0.2, 0) is 24.4 Å². The Hall–Kier alpha value is -2.87. The van der Waals surface area contributed by atoms with Crippen LogP contribution in [0.2, 0.25) is 0 Å². The first-order valence-corrected chi connectivity index (χ1v) is 8.19. The third-order valence-electron chi connectivity index (χ3n) is 4.30. The molecule has 130 valence electrons. The number of para-hydroxylation sites is 1. The van der Waals surface area contributed by atoms with Crippen molar-refractivity contribution in [2.75, 3.05) is 19.0 Å². The van der Waals surface area contributed by atoms with Crippen molar-refractivity contribution >= 4 is 22.9 Å². The summed E-state index contributed by atoms with van der Waals surface area (Å²) in [6.07, 6.45) is 0.887. The highest BCUT2D eigenvalue weighted by molar-refractivity contribution is 5.87. The Kier molecular flexibility index (Phi) is 4.10. The number of methoxy groups -OCH3 is 1. The standard InChI is InChI=1S/C17H19N5O3/c1-24-11-15-18-16(25-20-15)19-17(23)21-7-4-8-22-13(10-21)9-12-5-2-3-6-14(12)22/h2-3,5-6,9H,4,7-8,10-11H2,1H3,(H,18,19,20,23). The van der Waals surface area contributed by atoms with Gasteiger partial charge in [0, 0.05) is 31.4 Å². The summed E-state index contributed by atoms with van der Waals surface area (Å²) in [4.78, 5) is 18.4. The van der Waals surface area contributed by atoms with E-state index in [1.54, 1.807) is 12.0 Å². The van der Waals surface area contributed by atoms with Gasteiger partial charge in [-0.2, -0.15) is 4.98 Å². The van der Waals surface area contributed by atoms with E-state index in [2.05, 4.69) is 38.2 Å². The first kappa shape index (κ1) is 15.6. The number of aryl methyl sites for hydroxylation is 1. The number of urea groups is 1. The van der Waals surface area contributed by atoms with Crippen LogP contribution >= 0.6 is 0 Å². The van der Waals surface area contributed by atoms with Crippen molar-refractivity contribution in [2.45, 2.75) is 26.1 Å². The zero-order valence-electron chi connectivity index (χ0n) is 13.9. The average molecular weight is 341 g/mol. The van der Waals surface area contributed by atoms with Crippen molar-refractivity contribution in [1.29, 1.82) is 0 Å². The van der Waals surface area contributed by atoms with Gasteiger partial charge in [0.15, 0.2) is 5.82 Å². The van der Waals surface area contributed by atoms with Crippen LogP contribution in [0, 0.1) is 0 Å². The number of fused-ring (bicyclic) bond motifs is 3. The number of hydrogen-bond donors (Lipinski definition) is 1. The second kappa shape index (κ2) is 6.56. The third kappa shape index (κ3) is 3.08. The van der Waals surface area contributed by atoms with Gasteiger partial charge < -0.3 is 18.7 Å². The van der Waals surface area contributed by atoms with E-state index in [1.807, 2.05) is 12.1 Å². The summed E-state index contributed by atoms with van der Waals surface area (Å²) in [5.41, 5.74) is 2.33. The Morgan fingerprint density at radius 2 is 2.24 bits per heavy atom.